The molecule has 1 N–H and O–H groups in total. The van der Waals surface area contributed by atoms with Crippen molar-refractivity contribution in [2.75, 3.05) is 14.1 Å². The zero-order chi connectivity index (χ0) is 9.30. The number of aliphatic hydroxyl groups excluding tert-OH is 1. The van der Waals surface area contributed by atoms with E-state index >= 15 is 0 Å². The molecule has 0 radical (unpaired) electrons. The average Bonchev–Trinajstić information content (AvgIpc) is 1.96. The maximum Gasteiger partial charge on any atom is 0.243 e. The number of carbonyl (C=O) groups is 2. The number of likely N-dealkylation sites (N-methyl/N-ethyl adjacent to an activating group) is 1. The van der Waals surface area contributed by atoms with Crippen molar-refractivity contribution < 1.29 is 14.7 Å². The number of hydrogen-bond donors (Lipinski definition) is 1. The van der Waals surface area contributed by atoms with Crippen LogP contribution in [0, 0.1) is 0 Å². The lowest BCUT2D eigenvalue weighted by Gasteiger charge is -2.16. The zero-order valence-electron chi connectivity index (χ0n) is 6.87. The molecule has 0 aromatic rings. The van der Waals surface area contributed by atoms with Gasteiger partial charge in [-0.05, 0) is 0 Å². The number of Topliss-reactive ketones (excluding diaryl/α,β-unsaturated/α-hetero) is 1. The summed E-state index contributed by atoms with van der Waals surface area (Å²) in [5.41, 5.74) is 0.208. The Morgan fingerprint density at radius 2 is 1.83 bits per heavy atom. The van der Waals surface area contributed by atoms with Crippen LogP contribution in [0.3, 0.4) is 0 Å². The highest BCUT2D eigenvalue weighted by molar-refractivity contribution is 6.18. The monoisotopic (exact) mass is 167 g/mol. The SMILES string of the molecule is CN(C)C1=CC(=O)C=C(O)C1=O. The van der Waals surface area contributed by atoms with E-state index < -0.39 is 11.5 Å². The van der Waals surface area contributed by atoms with Gasteiger partial charge in [0.2, 0.25) is 5.78 Å². The highest BCUT2D eigenvalue weighted by Gasteiger charge is 2.22. The fraction of sp³-hybridized carbons (Fsp3) is 0.250. The maximum absolute atomic E-state index is 11.1. The zero-order valence-corrected chi connectivity index (χ0v) is 6.87. The highest BCUT2D eigenvalue weighted by atomic mass is 16.3. The molecule has 1 aliphatic carbocycles. The van der Waals surface area contributed by atoms with Gasteiger partial charge in [-0.1, -0.05) is 0 Å². The summed E-state index contributed by atoms with van der Waals surface area (Å²) >= 11 is 0. The first-order valence-corrected chi connectivity index (χ1v) is 3.40. The highest BCUT2D eigenvalue weighted by Crippen LogP contribution is 2.11. The van der Waals surface area contributed by atoms with Crippen LogP contribution in [0.15, 0.2) is 23.6 Å². The normalized spacial score (nSPS) is 17.2. The Bertz CT molecular complexity index is 299. The fourth-order valence-electron chi connectivity index (χ4n) is 0.906. The van der Waals surface area contributed by atoms with E-state index in [0.717, 1.165) is 6.08 Å². The lowest BCUT2D eigenvalue weighted by Crippen LogP contribution is -2.24. The Kier molecular flexibility index (Phi) is 1.99. The molecule has 1 rings (SSSR count). The van der Waals surface area contributed by atoms with Crippen molar-refractivity contribution in [3.05, 3.63) is 23.6 Å². The van der Waals surface area contributed by atoms with E-state index in [9.17, 15) is 9.59 Å². The van der Waals surface area contributed by atoms with Gasteiger partial charge < -0.3 is 10.0 Å². The molecule has 0 saturated heterocycles. The number of nitrogens with zero attached hydrogens (tertiary/aromatic N) is 1. The molecule has 4 heteroatoms. The molecule has 0 heterocycles. The van der Waals surface area contributed by atoms with Gasteiger partial charge >= 0.3 is 0 Å². The Morgan fingerprint density at radius 1 is 1.25 bits per heavy atom. The summed E-state index contributed by atoms with van der Waals surface area (Å²) in [4.78, 5) is 23.5. The first kappa shape index (κ1) is 8.52. The summed E-state index contributed by atoms with van der Waals surface area (Å²) in [6, 6.07) is 0. The third-order valence-electron chi connectivity index (χ3n) is 1.51. The van der Waals surface area contributed by atoms with E-state index in [-0.39, 0.29) is 11.5 Å². The molecule has 0 aromatic carbocycles. The molecule has 0 atom stereocenters. The van der Waals surface area contributed by atoms with Crippen molar-refractivity contribution in [1.82, 2.24) is 4.90 Å². The molecule has 0 spiro atoms. The summed E-state index contributed by atoms with van der Waals surface area (Å²) in [6.07, 6.45) is 2.11. The Labute approximate surface area is 69.8 Å². The number of allylic oxidation sites excluding steroid dienone is 2. The Hall–Kier alpha value is -1.58. The summed E-state index contributed by atoms with van der Waals surface area (Å²) in [6.45, 7) is 0. The lowest BCUT2D eigenvalue weighted by molar-refractivity contribution is -0.118. The molecule has 12 heavy (non-hydrogen) atoms. The smallest absolute Gasteiger partial charge is 0.243 e. The van der Waals surface area contributed by atoms with Crippen molar-refractivity contribution in [2.45, 2.75) is 0 Å². The van der Waals surface area contributed by atoms with Gasteiger partial charge in [0.15, 0.2) is 11.5 Å². The topological polar surface area (TPSA) is 57.6 Å². The van der Waals surface area contributed by atoms with Gasteiger partial charge in [0, 0.05) is 26.2 Å². The molecular formula is C8H9NO3. The van der Waals surface area contributed by atoms with Crippen molar-refractivity contribution in [1.29, 1.82) is 0 Å². The third-order valence-corrected chi connectivity index (χ3v) is 1.51. The van der Waals surface area contributed by atoms with E-state index in [1.807, 2.05) is 0 Å². The molecule has 0 unspecified atom stereocenters. The predicted octanol–water partition coefficient (Wildman–Crippen LogP) is 0.0256. The fourth-order valence-corrected chi connectivity index (χ4v) is 0.906. The van der Waals surface area contributed by atoms with Gasteiger partial charge in [0.1, 0.15) is 0 Å². The molecule has 0 aliphatic heterocycles. The van der Waals surface area contributed by atoms with Crippen LogP contribution >= 0.6 is 0 Å². The van der Waals surface area contributed by atoms with Crippen LogP contribution in [-0.2, 0) is 9.59 Å². The number of hydrogen-bond acceptors (Lipinski definition) is 4. The van der Waals surface area contributed by atoms with Crippen molar-refractivity contribution in [2.24, 2.45) is 0 Å². The molecular weight excluding hydrogens is 158 g/mol. The molecule has 1 aliphatic rings. The third kappa shape index (κ3) is 1.37. The van der Waals surface area contributed by atoms with Crippen LogP contribution in [0.4, 0.5) is 0 Å². The molecule has 0 amide bonds. The molecule has 64 valence electrons. The first-order chi connectivity index (χ1) is 5.52. The number of carbonyl (C=O) groups excluding carboxylic acids is 2. The molecule has 4 nitrogen and oxygen atoms in total. The minimum absolute atomic E-state index is 0.208. The Morgan fingerprint density at radius 3 is 2.33 bits per heavy atom. The van der Waals surface area contributed by atoms with Gasteiger partial charge in [-0.3, -0.25) is 9.59 Å². The second kappa shape index (κ2) is 2.81. The number of aliphatic hydroxyl groups is 1. The molecule has 0 fully saturated rings. The van der Waals surface area contributed by atoms with Gasteiger partial charge in [-0.15, -0.1) is 0 Å². The van der Waals surface area contributed by atoms with E-state index in [1.165, 1.54) is 11.0 Å². The van der Waals surface area contributed by atoms with Crippen molar-refractivity contribution >= 4 is 11.6 Å². The molecule has 0 bridgehead atoms. The number of rotatable bonds is 1. The largest absolute Gasteiger partial charge is 0.504 e. The summed E-state index contributed by atoms with van der Waals surface area (Å²) in [7, 11) is 3.27. The van der Waals surface area contributed by atoms with Gasteiger partial charge in [0.25, 0.3) is 0 Å². The summed E-state index contributed by atoms with van der Waals surface area (Å²) in [5.74, 6) is -1.37. The van der Waals surface area contributed by atoms with Crippen molar-refractivity contribution in [3.8, 4) is 0 Å². The minimum Gasteiger partial charge on any atom is -0.504 e. The van der Waals surface area contributed by atoms with E-state index in [0.29, 0.717) is 0 Å². The van der Waals surface area contributed by atoms with Crippen LogP contribution in [0.1, 0.15) is 0 Å². The first-order valence-electron chi connectivity index (χ1n) is 3.40. The van der Waals surface area contributed by atoms with Crippen molar-refractivity contribution in [3.63, 3.8) is 0 Å². The second-order valence-corrected chi connectivity index (χ2v) is 2.69. The minimum atomic E-state index is -0.514. The van der Waals surface area contributed by atoms with Gasteiger partial charge in [-0.2, -0.15) is 0 Å². The predicted molar refractivity (Wildman–Crippen MR) is 42.5 cm³/mol. The van der Waals surface area contributed by atoms with Crippen LogP contribution in [0.5, 0.6) is 0 Å². The summed E-state index contributed by atoms with van der Waals surface area (Å²) in [5, 5.41) is 8.99. The number of ketones is 2. The van der Waals surface area contributed by atoms with Crippen LogP contribution in [0.2, 0.25) is 0 Å². The van der Waals surface area contributed by atoms with E-state index in [2.05, 4.69) is 0 Å². The quantitative estimate of drug-likeness (QED) is 0.559. The Balaban J connectivity index is 3.04. The van der Waals surface area contributed by atoms with E-state index in [4.69, 9.17) is 5.11 Å². The van der Waals surface area contributed by atoms with Crippen LogP contribution < -0.4 is 0 Å². The summed E-state index contributed by atoms with van der Waals surface area (Å²) < 4.78 is 0. The average molecular weight is 167 g/mol. The van der Waals surface area contributed by atoms with E-state index in [1.54, 1.807) is 14.1 Å². The van der Waals surface area contributed by atoms with Crippen LogP contribution in [-0.4, -0.2) is 35.7 Å². The molecule has 0 saturated carbocycles. The lowest BCUT2D eigenvalue weighted by atomic mass is 10.1. The van der Waals surface area contributed by atoms with Gasteiger partial charge in [-0.25, -0.2) is 0 Å². The molecule has 0 aromatic heterocycles. The van der Waals surface area contributed by atoms with Gasteiger partial charge in [0.05, 0.1) is 5.70 Å². The standard InChI is InChI=1S/C8H9NO3/c1-9(2)6-3-5(10)4-7(11)8(6)12/h3-4,11H,1-2H3. The van der Waals surface area contributed by atoms with Crippen LogP contribution in [0.25, 0.3) is 0 Å². The maximum atomic E-state index is 11.1. The second-order valence-electron chi connectivity index (χ2n) is 2.69.